The summed E-state index contributed by atoms with van der Waals surface area (Å²) in [6.45, 7) is 0. The van der Waals surface area contributed by atoms with Crippen molar-refractivity contribution in [3.05, 3.63) is 43.7 Å². The van der Waals surface area contributed by atoms with Crippen molar-refractivity contribution in [2.45, 2.75) is 11.4 Å². The van der Waals surface area contributed by atoms with Gasteiger partial charge in [0.15, 0.2) is 16.3 Å². The Kier molecular flexibility index (Phi) is 4.78. The first-order chi connectivity index (χ1) is 13.7. The first-order valence-corrected chi connectivity index (χ1v) is 8.35. The molecule has 30 heavy (non-hydrogen) atoms. The molecule has 0 bridgehead atoms. The van der Waals surface area contributed by atoms with Crippen LogP contribution in [0.2, 0.25) is 0 Å². The second-order valence-electron chi connectivity index (χ2n) is 6.30. The van der Waals surface area contributed by atoms with Crippen LogP contribution >= 0.6 is 12.2 Å². The summed E-state index contributed by atoms with van der Waals surface area (Å²) in [6, 6.07) is 1.16. The van der Waals surface area contributed by atoms with E-state index in [9.17, 15) is 27.6 Å². The molecule has 0 fully saturated rings. The van der Waals surface area contributed by atoms with Gasteiger partial charge < -0.3 is 9.64 Å². The minimum atomic E-state index is -4.45. The summed E-state index contributed by atoms with van der Waals surface area (Å²) in [4.78, 5) is 37.4. The average Bonchev–Trinajstić information content (AvgIpc) is 2.66. The summed E-state index contributed by atoms with van der Waals surface area (Å²) in [6.07, 6.45) is 0.698. The molecule has 1 aromatic carbocycles. The summed E-state index contributed by atoms with van der Waals surface area (Å²) >= 11 is 4.94. The zero-order valence-electron chi connectivity index (χ0n) is 15.4. The van der Waals surface area contributed by atoms with Gasteiger partial charge in [-0.05, 0) is 18.3 Å². The Labute approximate surface area is 174 Å². The third-order valence-corrected chi connectivity index (χ3v) is 4.88. The molecule has 4 radical (unpaired) electrons. The number of benzene rings is 1. The molecule has 1 amide bonds. The maximum atomic E-state index is 14.8. The lowest BCUT2D eigenvalue weighted by molar-refractivity contribution is -0.193. The minimum Gasteiger partial charge on any atom is -0.423 e. The van der Waals surface area contributed by atoms with Gasteiger partial charge in [-0.2, -0.15) is 8.78 Å². The number of anilines is 1. The van der Waals surface area contributed by atoms with Crippen LogP contribution in [0.5, 0.6) is 5.75 Å². The summed E-state index contributed by atoms with van der Waals surface area (Å²) in [5.41, 5.74) is -3.36. The second kappa shape index (κ2) is 6.66. The number of fused-ring (bicyclic) bond motifs is 1. The number of halogens is 3. The summed E-state index contributed by atoms with van der Waals surface area (Å²) < 4.78 is 49.0. The molecule has 0 N–H and O–H groups in total. The number of aromatic nitrogens is 3. The number of carbonyl (C=O) groups excluding carboxylic acids is 1. The smallest absolute Gasteiger partial charge is 0.423 e. The number of alkyl halides is 2. The van der Waals surface area contributed by atoms with E-state index in [1.165, 1.54) is 14.1 Å². The van der Waals surface area contributed by atoms with Gasteiger partial charge in [0, 0.05) is 25.5 Å². The highest BCUT2D eigenvalue weighted by molar-refractivity contribution is 7.71. The number of amides is 1. The highest BCUT2D eigenvalue weighted by Gasteiger charge is 2.54. The predicted molar refractivity (Wildman–Crippen MR) is 103 cm³/mol. The van der Waals surface area contributed by atoms with Crippen LogP contribution in [0.4, 0.5) is 18.9 Å². The normalized spacial score (nSPS) is 15.3. The molecule has 150 valence electrons. The number of nitrogens with zero attached hydrogens (tertiary/aromatic N) is 4. The van der Waals surface area contributed by atoms with Crippen LogP contribution in [0.1, 0.15) is 0 Å². The SMILES string of the molecule is [B]C([B])(C#C)N1C(=O)C(F)(F)Oc2cc(F)c(-n3c(=O)n(C)c(=S)n(C)c3=O)cc21. The van der Waals surface area contributed by atoms with Gasteiger partial charge in [0.05, 0.1) is 11.4 Å². The third-order valence-electron chi connectivity index (χ3n) is 4.33. The lowest BCUT2D eigenvalue weighted by Crippen LogP contribution is -2.61. The molecule has 0 atom stereocenters. The number of carbonyl (C=O) groups is 1. The van der Waals surface area contributed by atoms with Crippen molar-refractivity contribution in [1.82, 2.24) is 13.7 Å². The number of hydrogen-bond acceptors (Lipinski definition) is 5. The average molecular weight is 432 g/mol. The van der Waals surface area contributed by atoms with Crippen LogP contribution in [0, 0.1) is 22.9 Å². The molecule has 2 heterocycles. The maximum absolute atomic E-state index is 14.8. The number of hydrogen-bond donors (Lipinski definition) is 0. The Morgan fingerprint density at radius 3 is 2.17 bits per heavy atom. The Balaban J connectivity index is 2.43. The van der Waals surface area contributed by atoms with E-state index in [0.29, 0.717) is 10.6 Å². The molecule has 1 aromatic heterocycles. The van der Waals surface area contributed by atoms with Crippen molar-refractivity contribution in [3.63, 3.8) is 0 Å². The standard InChI is InChI=1S/C16H9B2F3N4O4S/c1-4-15(17,18)25-9-6-8(7(19)5-10(9)29-16(20,21)11(25)26)24-12(27)22(2)14(30)23(3)13(24)28/h1,5-6H,2-3H3. The lowest BCUT2D eigenvalue weighted by Gasteiger charge is -2.41. The molecule has 0 saturated heterocycles. The molecule has 0 aliphatic carbocycles. The highest BCUT2D eigenvalue weighted by Crippen LogP contribution is 2.43. The van der Waals surface area contributed by atoms with Gasteiger partial charge in [-0.25, -0.2) is 18.5 Å². The van der Waals surface area contributed by atoms with E-state index in [4.69, 9.17) is 34.3 Å². The number of ether oxygens (including phenoxy) is 1. The second-order valence-corrected chi connectivity index (χ2v) is 6.67. The van der Waals surface area contributed by atoms with E-state index in [0.717, 1.165) is 15.2 Å². The molecule has 2 aromatic rings. The number of rotatable bonds is 2. The topological polar surface area (TPSA) is 78.5 Å². The zero-order chi connectivity index (χ0) is 22.8. The van der Waals surface area contributed by atoms with Gasteiger partial charge in [0.2, 0.25) is 0 Å². The Morgan fingerprint density at radius 2 is 1.67 bits per heavy atom. The molecule has 3 rings (SSSR count). The molecule has 0 unspecified atom stereocenters. The summed E-state index contributed by atoms with van der Waals surface area (Å²) in [7, 11) is 13.6. The van der Waals surface area contributed by atoms with E-state index in [1.807, 2.05) is 0 Å². The van der Waals surface area contributed by atoms with Crippen LogP contribution in [0.25, 0.3) is 5.69 Å². The van der Waals surface area contributed by atoms with Gasteiger partial charge in [-0.3, -0.25) is 13.9 Å². The highest BCUT2D eigenvalue weighted by atomic mass is 32.1. The Bertz CT molecular complexity index is 1290. The molecule has 14 heteroatoms. The van der Waals surface area contributed by atoms with Crippen molar-refractivity contribution >= 4 is 39.5 Å². The van der Waals surface area contributed by atoms with Gasteiger partial charge >= 0.3 is 23.4 Å². The van der Waals surface area contributed by atoms with Crippen molar-refractivity contribution < 1.29 is 22.7 Å². The van der Waals surface area contributed by atoms with Crippen molar-refractivity contribution in [1.29, 1.82) is 0 Å². The predicted octanol–water partition coefficient (Wildman–Crippen LogP) is -0.315. The van der Waals surface area contributed by atoms with Crippen molar-refractivity contribution in [2.75, 3.05) is 4.90 Å². The maximum Gasteiger partial charge on any atom is 0.482 e. The zero-order valence-corrected chi connectivity index (χ0v) is 16.2. The summed E-state index contributed by atoms with van der Waals surface area (Å²) in [5.74, 6) is -2.40. The van der Waals surface area contributed by atoms with E-state index in [1.54, 1.807) is 5.92 Å². The fraction of sp³-hybridized carbons (Fsp3) is 0.250. The van der Waals surface area contributed by atoms with Crippen LogP contribution in [0.15, 0.2) is 21.7 Å². The lowest BCUT2D eigenvalue weighted by atomic mass is 9.61. The summed E-state index contributed by atoms with van der Waals surface area (Å²) in [5, 5.41) is -2.57. The van der Waals surface area contributed by atoms with E-state index in [-0.39, 0.29) is 9.67 Å². The van der Waals surface area contributed by atoms with Crippen LogP contribution in [-0.4, -0.2) is 46.7 Å². The molecular weight excluding hydrogens is 423 g/mol. The van der Waals surface area contributed by atoms with Crippen LogP contribution in [-0.2, 0) is 18.9 Å². The Hall–Kier alpha value is -3.20. The van der Waals surface area contributed by atoms with E-state index >= 15 is 0 Å². The molecular formula is C16H9B2F3N4O4S. The van der Waals surface area contributed by atoms with Gasteiger partial charge in [-0.1, -0.05) is 5.92 Å². The fourth-order valence-corrected chi connectivity index (χ4v) is 2.95. The Morgan fingerprint density at radius 1 is 1.13 bits per heavy atom. The molecule has 1 aliphatic rings. The largest absolute Gasteiger partial charge is 0.482 e. The molecule has 8 nitrogen and oxygen atoms in total. The third kappa shape index (κ3) is 2.97. The van der Waals surface area contributed by atoms with Crippen molar-refractivity contribution in [3.8, 4) is 23.8 Å². The van der Waals surface area contributed by atoms with Gasteiger partial charge in [-0.15, -0.1) is 6.42 Å². The molecule has 1 aliphatic heterocycles. The molecule has 0 saturated carbocycles. The minimum absolute atomic E-state index is 0.117. The monoisotopic (exact) mass is 432 g/mol. The fourth-order valence-electron chi connectivity index (χ4n) is 2.79. The molecule has 0 spiro atoms. The van der Waals surface area contributed by atoms with Crippen molar-refractivity contribution in [2.24, 2.45) is 14.1 Å². The van der Waals surface area contributed by atoms with Crippen LogP contribution < -0.4 is 21.0 Å². The first-order valence-electron chi connectivity index (χ1n) is 7.94. The van der Waals surface area contributed by atoms with Gasteiger partial charge in [0.1, 0.15) is 15.7 Å². The van der Waals surface area contributed by atoms with Crippen LogP contribution in [0.3, 0.4) is 0 Å². The van der Waals surface area contributed by atoms with E-state index < -0.39 is 51.7 Å². The van der Waals surface area contributed by atoms with Gasteiger partial charge in [0.25, 0.3) is 0 Å². The van der Waals surface area contributed by atoms with E-state index in [2.05, 4.69) is 4.74 Å². The number of terminal acetylenes is 1. The first kappa shape index (κ1) is 21.5. The quantitative estimate of drug-likeness (QED) is 0.370.